The molecule has 1 saturated heterocycles. The Balaban J connectivity index is 1.66. The van der Waals surface area contributed by atoms with Gasteiger partial charge in [0.05, 0.1) is 9.85 Å². The molecule has 0 amide bonds. The molecular formula is C19H19BrClNO4S. The molecule has 3 rings (SSSR count). The molecule has 0 aromatic heterocycles. The van der Waals surface area contributed by atoms with E-state index in [0.717, 1.165) is 21.3 Å². The number of hydrogen-bond donors (Lipinski definition) is 2. The van der Waals surface area contributed by atoms with Crippen molar-refractivity contribution in [2.45, 2.75) is 18.3 Å². The van der Waals surface area contributed by atoms with E-state index in [9.17, 15) is 9.90 Å². The van der Waals surface area contributed by atoms with Gasteiger partial charge in [-0.3, -0.25) is 10.1 Å². The molecule has 27 heavy (non-hydrogen) atoms. The summed E-state index contributed by atoms with van der Waals surface area (Å²) in [5.74, 6) is 1.06. The lowest BCUT2D eigenvalue weighted by molar-refractivity contribution is -0.138. The zero-order valence-corrected chi connectivity index (χ0v) is 17.7. The van der Waals surface area contributed by atoms with E-state index in [-0.39, 0.29) is 5.37 Å². The van der Waals surface area contributed by atoms with Gasteiger partial charge in [0, 0.05) is 16.3 Å². The highest BCUT2D eigenvalue weighted by molar-refractivity contribution is 9.10. The molecular weight excluding hydrogens is 454 g/mol. The fraction of sp³-hybridized carbons (Fsp3) is 0.316. The minimum atomic E-state index is -0.861. The Hall–Kier alpha value is -1.41. The van der Waals surface area contributed by atoms with E-state index in [1.807, 2.05) is 31.2 Å². The third-order valence-electron chi connectivity index (χ3n) is 3.99. The van der Waals surface area contributed by atoms with E-state index in [0.29, 0.717) is 29.7 Å². The van der Waals surface area contributed by atoms with Crippen LogP contribution >= 0.6 is 39.3 Å². The van der Waals surface area contributed by atoms with Crippen LogP contribution in [0.3, 0.4) is 0 Å². The minimum absolute atomic E-state index is 0.200. The first kappa shape index (κ1) is 20.3. The Morgan fingerprint density at radius 3 is 2.81 bits per heavy atom. The number of ether oxygens (including phenoxy) is 2. The fourth-order valence-corrected chi connectivity index (χ4v) is 4.92. The zero-order valence-electron chi connectivity index (χ0n) is 14.6. The maximum Gasteiger partial charge on any atom is 0.321 e. The van der Waals surface area contributed by atoms with Crippen molar-refractivity contribution in [2.75, 3.05) is 19.0 Å². The van der Waals surface area contributed by atoms with Gasteiger partial charge < -0.3 is 14.6 Å². The van der Waals surface area contributed by atoms with Gasteiger partial charge in [0.2, 0.25) is 0 Å². The molecule has 1 aliphatic rings. The Bertz CT molecular complexity index is 835. The van der Waals surface area contributed by atoms with Crippen molar-refractivity contribution >= 4 is 45.3 Å². The van der Waals surface area contributed by atoms with Crippen LogP contribution in [0.25, 0.3) is 0 Å². The van der Waals surface area contributed by atoms with Crippen LogP contribution in [-0.4, -0.2) is 36.1 Å². The van der Waals surface area contributed by atoms with Crippen molar-refractivity contribution in [1.29, 1.82) is 0 Å². The molecule has 2 N–H and O–H groups in total. The number of halogens is 2. The van der Waals surface area contributed by atoms with E-state index < -0.39 is 12.0 Å². The molecule has 0 spiro atoms. The van der Waals surface area contributed by atoms with E-state index in [1.54, 1.807) is 12.1 Å². The average molecular weight is 473 g/mol. The van der Waals surface area contributed by atoms with Crippen molar-refractivity contribution in [3.63, 3.8) is 0 Å². The number of nitrogens with one attached hydrogen (secondary N) is 1. The van der Waals surface area contributed by atoms with Gasteiger partial charge in [-0.15, -0.1) is 11.8 Å². The number of rotatable bonds is 7. The van der Waals surface area contributed by atoms with Crippen molar-refractivity contribution < 1.29 is 19.4 Å². The number of aliphatic carboxylic acids is 1. The first-order valence-electron chi connectivity index (χ1n) is 8.35. The zero-order chi connectivity index (χ0) is 19.4. The van der Waals surface area contributed by atoms with E-state index in [2.05, 4.69) is 21.2 Å². The number of aryl methyl sites for hydroxylation is 1. The Morgan fingerprint density at radius 1 is 1.33 bits per heavy atom. The monoisotopic (exact) mass is 471 g/mol. The smallest absolute Gasteiger partial charge is 0.321 e. The predicted molar refractivity (Wildman–Crippen MR) is 111 cm³/mol. The van der Waals surface area contributed by atoms with Gasteiger partial charge in [0.15, 0.2) is 0 Å². The molecule has 0 saturated carbocycles. The second kappa shape index (κ2) is 9.19. The number of carbonyl (C=O) groups is 1. The third-order valence-corrected chi connectivity index (χ3v) is 6.04. The van der Waals surface area contributed by atoms with Crippen LogP contribution in [0, 0.1) is 6.92 Å². The highest BCUT2D eigenvalue weighted by Crippen LogP contribution is 2.42. The first-order chi connectivity index (χ1) is 12.9. The lowest BCUT2D eigenvalue weighted by atomic mass is 10.2. The molecule has 1 aliphatic heterocycles. The summed E-state index contributed by atoms with van der Waals surface area (Å²) in [5.41, 5.74) is 1.95. The summed E-state index contributed by atoms with van der Waals surface area (Å²) in [4.78, 5) is 11.2. The van der Waals surface area contributed by atoms with Gasteiger partial charge in [0.1, 0.15) is 30.8 Å². The molecule has 2 atom stereocenters. The number of carboxylic acid groups (broad SMARTS) is 1. The maximum absolute atomic E-state index is 11.2. The highest BCUT2D eigenvalue weighted by atomic mass is 79.9. The molecule has 0 bridgehead atoms. The molecule has 2 aromatic carbocycles. The third kappa shape index (κ3) is 5.31. The lowest BCUT2D eigenvalue weighted by Crippen LogP contribution is -2.33. The number of carboxylic acids is 1. The largest absolute Gasteiger partial charge is 0.490 e. The van der Waals surface area contributed by atoms with Gasteiger partial charge in [-0.05, 0) is 52.7 Å². The summed E-state index contributed by atoms with van der Waals surface area (Å²) in [6.45, 7) is 2.75. The standard InChI is InChI=1S/C19H19BrClNO4S/c1-11-3-2-4-13(7-11)25-5-6-26-17-14(8-12(21)9-15(17)20)18-22-16(10-27-18)19(23)24/h2-4,7-9,16,18,22H,5-6,10H2,1H3,(H,23,24). The van der Waals surface area contributed by atoms with E-state index in [4.69, 9.17) is 21.1 Å². The van der Waals surface area contributed by atoms with Gasteiger partial charge in [-0.1, -0.05) is 23.7 Å². The Labute approximate surface area is 175 Å². The van der Waals surface area contributed by atoms with Gasteiger partial charge in [-0.2, -0.15) is 0 Å². The molecule has 144 valence electrons. The van der Waals surface area contributed by atoms with Crippen molar-refractivity contribution in [1.82, 2.24) is 5.32 Å². The molecule has 2 unspecified atom stereocenters. The topological polar surface area (TPSA) is 67.8 Å². The number of benzene rings is 2. The van der Waals surface area contributed by atoms with Crippen LogP contribution in [0.5, 0.6) is 11.5 Å². The quantitative estimate of drug-likeness (QED) is 0.572. The fourth-order valence-electron chi connectivity index (χ4n) is 2.73. The summed E-state index contributed by atoms with van der Waals surface area (Å²) < 4.78 is 12.4. The van der Waals surface area contributed by atoms with Gasteiger partial charge >= 0.3 is 5.97 Å². The molecule has 0 radical (unpaired) electrons. The van der Waals surface area contributed by atoms with Crippen LogP contribution in [0.1, 0.15) is 16.5 Å². The SMILES string of the molecule is Cc1cccc(OCCOc2c(Br)cc(Cl)cc2C2NC(C(=O)O)CS2)c1. The average Bonchev–Trinajstić information content (AvgIpc) is 3.10. The van der Waals surface area contributed by atoms with Crippen molar-refractivity contribution in [2.24, 2.45) is 0 Å². The van der Waals surface area contributed by atoms with Gasteiger partial charge in [-0.25, -0.2) is 0 Å². The molecule has 8 heteroatoms. The summed E-state index contributed by atoms with van der Waals surface area (Å²) in [6, 6.07) is 10.8. The highest BCUT2D eigenvalue weighted by Gasteiger charge is 2.32. The summed E-state index contributed by atoms with van der Waals surface area (Å²) in [6.07, 6.45) is 0. The molecule has 0 aliphatic carbocycles. The summed E-state index contributed by atoms with van der Waals surface area (Å²) in [5, 5.41) is 12.7. The lowest BCUT2D eigenvalue weighted by Gasteiger charge is -2.19. The first-order valence-corrected chi connectivity index (χ1v) is 10.6. The Kier molecular flexibility index (Phi) is 6.92. The normalized spacial score (nSPS) is 19.1. The van der Waals surface area contributed by atoms with E-state index >= 15 is 0 Å². The number of thioether (sulfide) groups is 1. The Morgan fingerprint density at radius 2 is 2.11 bits per heavy atom. The van der Waals surface area contributed by atoms with E-state index in [1.165, 1.54) is 11.8 Å². The molecule has 5 nitrogen and oxygen atoms in total. The predicted octanol–water partition coefficient (Wildman–Crippen LogP) is 4.66. The minimum Gasteiger partial charge on any atom is -0.490 e. The molecule has 2 aromatic rings. The van der Waals surface area contributed by atoms with Gasteiger partial charge in [0.25, 0.3) is 0 Å². The summed E-state index contributed by atoms with van der Waals surface area (Å²) in [7, 11) is 0. The second-order valence-corrected chi connectivity index (χ2v) is 8.52. The van der Waals surface area contributed by atoms with Crippen LogP contribution in [0.2, 0.25) is 5.02 Å². The molecule has 1 fully saturated rings. The van der Waals surface area contributed by atoms with Crippen molar-refractivity contribution in [3.8, 4) is 11.5 Å². The van der Waals surface area contributed by atoms with Crippen LogP contribution in [0.15, 0.2) is 40.9 Å². The number of hydrogen-bond acceptors (Lipinski definition) is 5. The van der Waals surface area contributed by atoms with Crippen LogP contribution in [0.4, 0.5) is 0 Å². The second-order valence-electron chi connectivity index (χ2n) is 6.09. The molecule has 1 heterocycles. The van der Waals surface area contributed by atoms with Crippen LogP contribution in [-0.2, 0) is 4.79 Å². The maximum atomic E-state index is 11.2. The summed E-state index contributed by atoms with van der Waals surface area (Å²) >= 11 is 11.2. The van der Waals surface area contributed by atoms with Crippen LogP contribution < -0.4 is 14.8 Å². The van der Waals surface area contributed by atoms with Crippen molar-refractivity contribution in [3.05, 3.63) is 57.0 Å².